The smallest absolute Gasteiger partial charge is 0.277 e. The summed E-state index contributed by atoms with van der Waals surface area (Å²) in [4.78, 5) is 11.1. The van der Waals surface area contributed by atoms with Crippen LogP contribution in [0.25, 0.3) is 0 Å². The quantitative estimate of drug-likeness (QED) is 0.827. The number of hydrogen-bond donors (Lipinski definition) is 1. The van der Waals surface area contributed by atoms with Crippen LogP contribution in [-0.2, 0) is 11.2 Å². The fraction of sp³-hybridized carbons (Fsp3) is 0.357. The van der Waals surface area contributed by atoms with Gasteiger partial charge in [0.1, 0.15) is 0 Å². The highest BCUT2D eigenvalue weighted by molar-refractivity contribution is 7.99. The number of thioether (sulfide) groups is 1. The third-order valence-electron chi connectivity index (χ3n) is 2.90. The predicted octanol–water partition coefficient (Wildman–Crippen LogP) is 2.25. The van der Waals surface area contributed by atoms with E-state index in [0.717, 1.165) is 0 Å². The third-order valence-corrected chi connectivity index (χ3v) is 3.72. The van der Waals surface area contributed by atoms with Crippen LogP contribution in [0, 0.1) is 0 Å². The molecule has 106 valence electrons. The van der Waals surface area contributed by atoms with Gasteiger partial charge in [0.25, 0.3) is 5.22 Å². The molecule has 0 bridgehead atoms. The van der Waals surface area contributed by atoms with Crippen molar-refractivity contribution in [2.24, 2.45) is 0 Å². The van der Waals surface area contributed by atoms with Crippen LogP contribution in [0.3, 0.4) is 0 Å². The highest BCUT2D eigenvalue weighted by Crippen LogP contribution is 2.22. The molecule has 1 amide bonds. The lowest BCUT2D eigenvalue weighted by Gasteiger charge is -2.08. The topological polar surface area (TPSA) is 68.0 Å². The molecule has 0 saturated heterocycles. The number of benzene rings is 1. The van der Waals surface area contributed by atoms with Gasteiger partial charge >= 0.3 is 0 Å². The Balaban J connectivity index is 1.91. The van der Waals surface area contributed by atoms with Crippen LogP contribution in [0.1, 0.15) is 24.3 Å². The van der Waals surface area contributed by atoms with Crippen molar-refractivity contribution < 1.29 is 9.21 Å². The maximum atomic E-state index is 11.1. The van der Waals surface area contributed by atoms with Gasteiger partial charge in [0.15, 0.2) is 0 Å². The summed E-state index contributed by atoms with van der Waals surface area (Å²) < 4.78 is 5.53. The van der Waals surface area contributed by atoms with Crippen LogP contribution in [0.15, 0.2) is 40.0 Å². The second kappa shape index (κ2) is 7.09. The molecule has 0 unspecified atom stereocenters. The number of hydrogen-bond acceptors (Lipinski definition) is 5. The molecule has 1 aromatic carbocycles. The van der Waals surface area contributed by atoms with Crippen molar-refractivity contribution in [2.45, 2.75) is 24.5 Å². The van der Waals surface area contributed by atoms with Crippen LogP contribution in [-0.4, -0.2) is 28.9 Å². The first-order valence-corrected chi connectivity index (χ1v) is 7.38. The monoisotopic (exact) mass is 291 g/mol. The summed E-state index contributed by atoms with van der Waals surface area (Å²) in [6, 6.07) is 10.2. The first-order chi connectivity index (χ1) is 9.69. The zero-order valence-corrected chi connectivity index (χ0v) is 12.3. The van der Waals surface area contributed by atoms with Crippen LogP contribution >= 0.6 is 11.8 Å². The molecule has 0 radical (unpaired) electrons. The van der Waals surface area contributed by atoms with E-state index in [1.807, 2.05) is 18.2 Å². The number of aromatic nitrogens is 2. The number of rotatable bonds is 6. The molecule has 2 aromatic rings. The van der Waals surface area contributed by atoms with E-state index in [4.69, 9.17) is 4.42 Å². The minimum atomic E-state index is -0.0626. The summed E-state index contributed by atoms with van der Waals surface area (Å²) in [6.45, 7) is 2.12. The minimum absolute atomic E-state index is 0.0626. The second-order valence-corrected chi connectivity index (χ2v) is 5.37. The normalized spacial score (nSPS) is 12.1. The third kappa shape index (κ3) is 4.09. The van der Waals surface area contributed by atoms with E-state index in [2.05, 4.69) is 34.6 Å². The lowest BCUT2D eigenvalue weighted by atomic mass is 9.98. The zero-order valence-electron chi connectivity index (χ0n) is 11.5. The number of carbonyl (C=O) groups is 1. The molecule has 1 N–H and O–H groups in total. The van der Waals surface area contributed by atoms with Gasteiger partial charge in [-0.3, -0.25) is 4.79 Å². The average Bonchev–Trinajstić information content (AvgIpc) is 2.93. The molecule has 2 rings (SSSR count). The summed E-state index contributed by atoms with van der Waals surface area (Å²) in [6.07, 6.45) is 0.692. The van der Waals surface area contributed by atoms with Crippen LogP contribution < -0.4 is 5.32 Å². The molecule has 0 spiro atoms. The van der Waals surface area contributed by atoms with Gasteiger partial charge in [-0.05, 0) is 11.5 Å². The Bertz CT molecular complexity index is 557. The molecule has 5 nitrogen and oxygen atoms in total. The average molecular weight is 291 g/mol. The largest absolute Gasteiger partial charge is 0.416 e. The summed E-state index contributed by atoms with van der Waals surface area (Å²) in [5.41, 5.74) is 1.24. The van der Waals surface area contributed by atoms with E-state index in [9.17, 15) is 4.79 Å². The molecule has 0 saturated carbocycles. The van der Waals surface area contributed by atoms with E-state index >= 15 is 0 Å². The maximum Gasteiger partial charge on any atom is 0.277 e. The molecule has 20 heavy (non-hydrogen) atoms. The van der Waals surface area contributed by atoms with E-state index in [-0.39, 0.29) is 11.7 Å². The summed E-state index contributed by atoms with van der Waals surface area (Å²) in [7, 11) is 1.60. The van der Waals surface area contributed by atoms with E-state index in [1.165, 1.54) is 17.3 Å². The zero-order chi connectivity index (χ0) is 14.4. The Hall–Kier alpha value is -1.82. The van der Waals surface area contributed by atoms with Gasteiger partial charge in [0.2, 0.25) is 11.8 Å². The van der Waals surface area contributed by atoms with Crippen molar-refractivity contribution >= 4 is 17.7 Å². The molecular formula is C14H17N3O2S. The van der Waals surface area contributed by atoms with Gasteiger partial charge < -0.3 is 9.73 Å². The molecule has 0 aliphatic rings. The molecular weight excluding hydrogens is 274 g/mol. The highest BCUT2D eigenvalue weighted by Gasteiger charge is 2.13. The fourth-order valence-corrected chi connectivity index (χ4v) is 2.39. The molecule has 0 aliphatic heterocycles. The van der Waals surface area contributed by atoms with Crippen molar-refractivity contribution in [3.8, 4) is 0 Å². The standard InChI is InChI=1S/C14H17N3O2S/c1-10(11-6-4-3-5-7-11)8-13-16-17-14(19-13)20-9-12(18)15-2/h3-7,10H,8-9H2,1-2H3,(H,15,18)/t10-/m0/s1. The fourth-order valence-electron chi connectivity index (χ4n) is 1.74. The van der Waals surface area contributed by atoms with Gasteiger partial charge in [0.05, 0.1) is 5.75 Å². The molecule has 6 heteroatoms. The highest BCUT2D eigenvalue weighted by atomic mass is 32.2. The lowest BCUT2D eigenvalue weighted by molar-refractivity contribution is -0.118. The molecule has 1 atom stereocenters. The van der Waals surface area contributed by atoms with Crippen molar-refractivity contribution in [3.63, 3.8) is 0 Å². The second-order valence-electron chi connectivity index (χ2n) is 4.44. The van der Waals surface area contributed by atoms with Crippen LogP contribution in [0.4, 0.5) is 0 Å². The summed E-state index contributed by atoms with van der Waals surface area (Å²) >= 11 is 1.24. The van der Waals surface area contributed by atoms with Gasteiger partial charge in [-0.25, -0.2) is 0 Å². The van der Waals surface area contributed by atoms with Crippen molar-refractivity contribution in [1.82, 2.24) is 15.5 Å². The lowest BCUT2D eigenvalue weighted by Crippen LogP contribution is -2.19. The first kappa shape index (κ1) is 14.6. The van der Waals surface area contributed by atoms with E-state index in [0.29, 0.717) is 23.5 Å². The number of nitrogens with zero attached hydrogens (tertiary/aromatic N) is 2. The summed E-state index contributed by atoms with van der Waals surface area (Å²) in [5, 5.41) is 10.9. The van der Waals surface area contributed by atoms with E-state index in [1.54, 1.807) is 7.05 Å². The Morgan fingerprint density at radius 2 is 2.10 bits per heavy atom. The van der Waals surface area contributed by atoms with Crippen molar-refractivity contribution in [2.75, 3.05) is 12.8 Å². The Morgan fingerprint density at radius 3 is 2.80 bits per heavy atom. The molecule has 0 fully saturated rings. The number of nitrogens with one attached hydrogen (secondary N) is 1. The van der Waals surface area contributed by atoms with Crippen LogP contribution in [0.2, 0.25) is 0 Å². The van der Waals surface area contributed by atoms with Crippen molar-refractivity contribution in [1.29, 1.82) is 0 Å². The SMILES string of the molecule is CNC(=O)CSc1nnc(C[C@H](C)c2ccccc2)o1. The molecule has 0 aliphatic carbocycles. The summed E-state index contributed by atoms with van der Waals surface area (Å²) in [5.74, 6) is 1.13. The van der Waals surface area contributed by atoms with Crippen LogP contribution in [0.5, 0.6) is 0 Å². The Kier molecular flexibility index (Phi) is 5.17. The van der Waals surface area contributed by atoms with Crippen molar-refractivity contribution in [3.05, 3.63) is 41.8 Å². The Labute approximate surface area is 122 Å². The van der Waals surface area contributed by atoms with Gasteiger partial charge in [-0.15, -0.1) is 10.2 Å². The van der Waals surface area contributed by atoms with Gasteiger partial charge in [0, 0.05) is 13.5 Å². The minimum Gasteiger partial charge on any atom is -0.416 e. The first-order valence-electron chi connectivity index (χ1n) is 6.39. The Morgan fingerprint density at radius 1 is 1.35 bits per heavy atom. The number of amides is 1. The maximum absolute atomic E-state index is 11.1. The number of carbonyl (C=O) groups excluding carboxylic acids is 1. The van der Waals surface area contributed by atoms with Gasteiger partial charge in [-0.1, -0.05) is 49.0 Å². The van der Waals surface area contributed by atoms with Gasteiger partial charge in [-0.2, -0.15) is 0 Å². The molecule has 1 aromatic heterocycles. The van der Waals surface area contributed by atoms with E-state index < -0.39 is 0 Å². The predicted molar refractivity (Wildman–Crippen MR) is 77.6 cm³/mol. The molecule has 1 heterocycles.